The lowest BCUT2D eigenvalue weighted by Gasteiger charge is -2.31. The summed E-state index contributed by atoms with van der Waals surface area (Å²) < 4.78 is 0. The number of fused-ring (bicyclic) bond motifs is 1. The number of imide groups is 1. The van der Waals surface area contributed by atoms with E-state index < -0.39 is 41.2 Å². The maximum absolute atomic E-state index is 12.3. The number of carboxylic acid groups (broad SMARTS) is 1. The summed E-state index contributed by atoms with van der Waals surface area (Å²) in [5.41, 5.74) is -0.483. The van der Waals surface area contributed by atoms with Crippen LogP contribution in [0.2, 0.25) is 0 Å². The van der Waals surface area contributed by atoms with E-state index in [-0.39, 0.29) is 12.3 Å². The topological polar surface area (TPSA) is 95.5 Å². The normalized spacial score (nSPS) is 31.6. The van der Waals surface area contributed by atoms with Crippen LogP contribution in [-0.2, 0) is 14.4 Å². The lowest BCUT2D eigenvalue weighted by atomic mass is 9.75. The van der Waals surface area contributed by atoms with Crippen LogP contribution in [0.1, 0.15) is 25.8 Å². The Morgan fingerprint density at radius 3 is 2.52 bits per heavy atom. The minimum atomic E-state index is -1.43. The highest BCUT2D eigenvalue weighted by atomic mass is 16.4. The van der Waals surface area contributed by atoms with Crippen LogP contribution in [0.5, 0.6) is 0 Å². The molecule has 2 aliphatic heterocycles. The fraction of sp³-hybridized carbons (Fsp3) is 0.421. The molecule has 6 heteroatoms. The molecule has 3 rings (SSSR count). The zero-order valence-corrected chi connectivity index (χ0v) is 14.2. The van der Waals surface area contributed by atoms with Crippen LogP contribution in [0, 0.1) is 17.8 Å². The summed E-state index contributed by atoms with van der Waals surface area (Å²) in [5, 5.41) is 15.3. The Balaban J connectivity index is 1.98. The van der Waals surface area contributed by atoms with E-state index in [4.69, 9.17) is 0 Å². The molecule has 0 aliphatic carbocycles. The molecule has 0 aromatic heterocycles. The predicted octanol–water partition coefficient (Wildman–Crippen LogP) is 1.43. The van der Waals surface area contributed by atoms with Gasteiger partial charge in [-0.25, -0.2) is 0 Å². The molecule has 1 aromatic rings. The van der Waals surface area contributed by atoms with Crippen LogP contribution in [-0.4, -0.2) is 34.5 Å². The van der Waals surface area contributed by atoms with Crippen LogP contribution in [0.4, 0.5) is 0 Å². The van der Waals surface area contributed by atoms with E-state index in [0.717, 1.165) is 5.56 Å². The summed E-state index contributed by atoms with van der Waals surface area (Å²) in [7, 11) is 0. The van der Waals surface area contributed by atoms with E-state index in [1.165, 1.54) is 0 Å². The number of aliphatic carboxylic acids is 1. The van der Waals surface area contributed by atoms with E-state index in [1.54, 1.807) is 6.08 Å². The molecule has 25 heavy (non-hydrogen) atoms. The lowest BCUT2D eigenvalue weighted by Crippen LogP contribution is -2.57. The Hall–Kier alpha value is -2.47. The molecular weight excluding hydrogens is 320 g/mol. The third-order valence-electron chi connectivity index (χ3n) is 4.94. The smallest absolute Gasteiger partial charge is 0.324 e. The zero-order valence-electron chi connectivity index (χ0n) is 14.2. The van der Waals surface area contributed by atoms with Gasteiger partial charge in [-0.1, -0.05) is 56.3 Å². The second-order valence-electron chi connectivity index (χ2n) is 7.17. The molecule has 1 aromatic carbocycles. The molecule has 0 saturated carbocycles. The Labute approximate surface area is 146 Å². The van der Waals surface area contributed by atoms with Gasteiger partial charge in [-0.15, -0.1) is 0 Å². The number of rotatable bonds is 5. The number of hydrogen-bond acceptors (Lipinski definition) is 4. The van der Waals surface area contributed by atoms with Gasteiger partial charge < -0.3 is 5.11 Å². The molecule has 2 heterocycles. The van der Waals surface area contributed by atoms with Crippen molar-refractivity contribution in [3.63, 3.8) is 0 Å². The van der Waals surface area contributed by atoms with Gasteiger partial charge in [0.15, 0.2) is 0 Å². The molecule has 3 N–H and O–H groups in total. The molecule has 2 fully saturated rings. The van der Waals surface area contributed by atoms with Crippen molar-refractivity contribution >= 4 is 23.9 Å². The standard InChI is InChI=1S/C19H22N2O4/c1-11(2)10-19(18(24)25)15-14(16(22)20-17(15)23)13(21-19)9-8-12-6-4-3-5-7-12/h3-9,11,13-15,21H,10H2,1-2H3,(H,24,25)(H,20,22,23). The van der Waals surface area contributed by atoms with Crippen molar-refractivity contribution < 1.29 is 19.5 Å². The molecule has 132 valence electrons. The van der Waals surface area contributed by atoms with Crippen molar-refractivity contribution in [1.29, 1.82) is 0 Å². The summed E-state index contributed by atoms with van der Waals surface area (Å²) in [6, 6.07) is 9.03. The molecule has 6 nitrogen and oxygen atoms in total. The van der Waals surface area contributed by atoms with Crippen LogP contribution < -0.4 is 10.6 Å². The third kappa shape index (κ3) is 2.98. The molecule has 0 spiro atoms. The summed E-state index contributed by atoms with van der Waals surface area (Å²) in [4.78, 5) is 36.7. The first-order valence-corrected chi connectivity index (χ1v) is 8.44. The van der Waals surface area contributed by atoms with Crippen molar-refractivity contribution in [2.75, 3.05) is 0 Å². The van der Waals surface area contributed by atoms with Crippen LogP contribution in [0.25, 0.3) is 6.08 Å². The van der Waals surface area contributed by atoms with Gasteiger partial charge in [0.1, 0.15) is 5.54 Å². The number of nitrogens with one attached hydrogen (secondary N) is 2. The van der Waals surface area contributed by atoms with Crippen molar-refractivity contribution in [3.05, 3.63) is 42.0 Å². The second-order valence-corrected chi connectivity index (χ2v) is 7.17. The monoisotopic (exact) mass is 342 g/mol. The molecule has 2 saturated heterocycles. The Morgan fingerprint density at radius 1 is 1.24 bits per heavy atom. The summed E-state index contributed by atoms with van der Waals surface area (Å²) >= 11 is 0. The molecule has 0 radical (unpaired) electrons. The van der Waals surface area contributed by atoms with Gasteiger partial charge in [-0.3, -0.25) is 25.0 Å². The van der Waals surface area contributed by atoms with Gasteiger partial charge >= 0.3 is 5.97 Å². The number of hydrogen-bond donors (Lipinski definition) is 3. The van der Waals surface area contributed by atoms with Gasteiger partial charge in [-0.05, 0) is 17.9 Å². The minimum absolute atomic E-state index is 0.0598. The van der Waals surface area contributed by atoms with Crippen LogP contribution in [0.3, 0.4) is 0 Å². The molecule has 2 amide bonds. The van der Waals surface area contributed by atoms with Gasteiger partial charge in [0, 0.05) is 6.04 Å². The highest BCUT2D eigenvalue weighted by Gasteiger charge is 2.65. The highest BCUT2D eigenvalue weighted by molar-refractivity contribution is 6.09. The number of benzene rings is 1. The zero-order chi connectivity index (χ0) is 18.2. The maximum atomic E-state index is 12.3. The summed E-state index contributed by atoms with van der Waals surface area (Å²) in [6.45, 7) is 3.81. The molecule has 4 atom stereocenters. The first-order chi connectivity index (χ1) is 11.8. The van der Waals surface area contributed by atoms with E-state index in [2.05, 4.69) is 10.6 Å². The summed E-state index contributed by atoms with van der Waals surface area (Å²) in [5.74, 6) is -3.54. The molecular formula is C19H22N2O4. The first-order valence-electron chi connectivity index (χ1n) is 8.44. The van der Waals surface area contributed by atoms with E-state index in [9.17, 15) is 19.5 Å². The highest BCUT2D eigenvalue weighted by Crippen LogP contribution is 2.43. The molecule has 0 bridgehead atoms. The Kier molecular flexibility index (Phi) is 4.47. The van der Waals surface area contributed by atoms with Crippen molar-refractivity contribution in [3.8, 4) is 0 Å². The fourth-order valence-electron chi connectivity index (χ4n) is 4.03. The van der Waals surface area contributed by atoms with E-state index in [0.29, 0.717) is 0 Å². The average Bonchev–Trinajstić information content (AvgIpc) is 3.04. The number of carbonyl (C=O) groups is 3. The van der Waals surface area contributed by atoms with Crippen molar-refractivity contribution in [1.82, 2.24) is 10.6 Å². The van der Waals surface area contributed by atoms with E-state index >= 15 is 0 Å². The molecule has 4 unspecified atom stereocenters. The quantitative estimate of drug-likeness (QED) is 0.704. The third-order valence-corrected chi connectivity index (χ3v) is 4.94. The maximum Gasteiger partial charge on any atom is 0.324 e. The SMILES string of the molecule is CC(C)CC1(C(=O)O)NC(C=Cc2ccccc2)C2C(=O)NC(=O)C21. The Bertz CT molecular complexity index is 728. The Morgan fingerprint density at radius 2 is 1.92 bits per heavy atom. The average molecular weight is 342 g/mol. The second kappa shape index (κ2) is 6.44. The lowest BCUT2D eigenvalue weighted by molar-refractivity contribution is -0.150. The number of carbonyl (C=O) groups excluding carboxylic acids is 2. The van der Waals surface area contributed by atoms with Crippen molar-refractivity contribution in [2.24, 2.45) is 17.8 Å². The summed E-state index contributed by atoms with van der Waals surface area (Å²) in [6.07, 6.45) is 3.91. The predicted molar refractivity (Wildman–Crippen MR) is 92.4 cm³/mol. The van der Waals surface area contributed by atoms with Crippen LogP contribution in [0.15, 0.2) is 36.4 Å². The number of amides is 2. The van der Waals surface area contributed by atoms with Gasteiger partial charge in [0.2, 0.25) is 11.8 Å². The van der Waals surface area contributed by atoms with Gasteiger partial charge in [0.25, 0.3) is 0 Å². The van der Waals surface area contributed by atoms with Crippen molar-refractivity contribution in [2.45, 2.75) is 31.8 Å². The molecule has 2 aliphatic rings. The largest absolute Gasteiger partial charge is 0.480 e. The van der Waals surface area contributed by atoms with Gasteiger partial charge in [-0.2, -0.15) is 0 Å². The van der Waals surface area contributed by atoms with Gasteiger partial charge in [0.05, 0.1) is 11.8 Å². The number of carboxylic acids is 1. The minimum Gasteiger partial charge on any atom is -0.480 e. The fourth-order valence-corrected chi connectivity index (χ4v) is 4.03. The van der Waals surface area contributed by atoms with E-state index in [1.807, 2.05) is 50.3 Å². The van der Waals surface area contributed by atoms with Crippen LogP contribution >= 0.6 is 0 Å². The first kappa shape index (κ1) is 17.4.